The Morgan fingerprint density at radius 2 is 1.57 bits per heavy atom. The van der Waals surface area contributed by atoms with E-state index in [1.807, 2.05) is 0 Å². The maximum Gasteiger partial charge on any atom is 0.421 e. The van der Waals surface area contributed by atoms with E-state index in [2.05, 4.69) is 11.7 Å². The van der Waals surface area contributed by atoms with E-state index in [0.717, 1.165) is 43.6 Å². The first-order valence-electron chi connectivity index (χ1n) is 11.5. The van der Waals surface area contributed by atoms with E-state index in [4.69, 9.17) is 9.47 Å². The molecule has 0 spiro atoms. The second kappa shape index (κ2) is 10.7. The molecule has 0 N–H and O–H groups in total. The molecule has 3 nitrogen and oxygen atoms in total. The summed E-state index contributed by atoms with van der Waals surface area (Å²) in [5, 5.41) is 0. The van der Waals surface area contributed by atoms with Crippen molar-refractivity contribution in [3.63, 3.8) is 0 Å². The van der Waals surface area contributed by atoms with Crippen LogP contribution in [0.2, 0.25) is 0 Å². The molecule has 0 amide bonds. The summed E-state index contributed by atoms with van der Waals surface area (Å²) in [5.41, 5.74) is 0. The standard InChI is InChI=1S/C24H35F3O3/c1-3-17-5-7-18(8-6-17)19-9-11-20(12-10-19)29-16-24(26,27)30-21-13-14-23(28-4-2)22(25)15-21/h13-15,17-20H,3-12,16H2,1-2H3. The number of halogens is 3. The highest BCUT2D eigenvalue weighted by atomic mass is 19.3. The zero-order valence-electron chi connectivity index (χ0n) is 18.2. The molecule has 0 aromatic heterocycles. The molecule has 2 fully saturated rings. The molecule has 170 valence electrons. The van der Waals surface area contributed by atoms with E-state index in [-0.39, 0.29) is 17.6 Å². The molecule has 1 aromatic rings. The largest absolute Gasteiger partial charge is 0.491 e. The van der Waals surface area contributed by atoms with Crippen molar-refractivity contribution in [2.75, 3.05) is 13.2 Å². The van der Waals surface area contributed by atoms with Gasteiger partial charge in [-0.1, -0.05) is 26.2 Å². The molecule has 30 heavy (non-hydrogen) atoms. The summed E-state index contributed by atoms with van der Waals surface area (Å²) in [7, 11) is 0. The van der Waals surface area contributed by atoms with Crippen molar-refractivity contribution in [2.45, 2.75) is 83.8 Å². The zero-order valence-corrected chi connectivity index (χ0v) is 18.2. The maximum atomic E-state index is 14.2. The zero-order chi connectivity index (χ0) is 21.6. The number of ether oxygens (including phenoxy) is 3. The van der Waals surface area contributed by atoms with E-state index in [9.17, 15) is 13.2 Å². The Morgan fingerprint density at radius 3 is 2.13 bits per heavy atom. The van der Waals surface area contributed by atoms with Crippen LogP contribution in [0.15, 0.2) is 18.2 Å². The average Bonchev–Trinajstić information content (AvgIpc) is 2.75. The number of benzene rings is 1. The summed E-state index contributed by atoms with van der Waals surface area (Å²) in [5.74, 6) is 1.46. The summed E-state index contributed by atoms with van der Waals surface area (Å²) >= 11 is 0. The van der Waals surface area contributed by atoms with Gasteiger partial charge in [0.1, 0.15) is 5.75 Å². The van der Waals surface area contributed by atoms with Crippen LogP contribution in [-0.2, 0) is 4.74 Å². The minimum atomic E-state index is -3.51. The van der Waals surface area contributed by atoms with Gasteiger partial charge in [0, 0.05) is 6.07 Å². The van der Waals surface area contributed by atoms with Crippen LogP contribution in [0.3, 0.4) is 0 Å². The summed E-state index contributed by atoms with van der Waals surface area (Å²) in [6.45, 7) is 3.47. The van der Waals surface area contributed by atoms with E-state index in [1.54, 1.807) is 6.92 Å². The van der Waals surface area contributed by atoms with Gasteiger partial charge in [0.2, 0.25) is 0 Å². The van der Waals surface area contributed by atoms with Crippen molar-refractivity contribution < 1.29 is 27.4 Å². The van der Waals surface area contributed by atoms with Crippen LogP contribution in [0.25, 0.3) is 0 Å². The van der Waals surface area contributed by atoms with Gasteiger partial charge in [0.05, 0.1) is 12.7 Å². The Morgan fingerprint density at radius 1 is 0.933 bits per heavy atom. The van der Waals surface area contributed by atoms with Crippen molar-refractivity contribution in [2.24, 2.45) is 17.8 Å². The summed E-state index contributed by atoms with van der Waals surface area (Å²) in [4.78, 5) is 0. The lowest BCUT2D eigenvalue weighted by atomic mass is 9.70. The fraction of sp³-hybridized carbons (Fsp3) is 0.750. The first-order chi connectivity index (χ1) is 14.4. The number of hydrogen-bond donors (Lipinski definition) is 0. The lowest BCUT2D eigenvalue weighted by Gasteiger charge is -2.37. The third kappa shape index (κ3) is 6.53. The van der Waals surface area contributed by atoms with Gasteiger partial charge in [-0.05, 0) is 75.3 Å². The molecule has 0 heterocycles. The maximum absolute atomic E-state index is 14.2. The van der Waals surface area contributed by atoms with Crippen molar-refractivity contribution in [1.82, 2.24) is 0 Å². The molecule has 3 rings (SSSR count). The molecule has 0 aliphatic heterocycles. The topological polar surface area (TPSA) is 27.7 Å². The normalized spacial score (nSPS) is 27.6. The molecule has 0 radical (unpaired) electrons. The quantitative estimate of drug-likeness (QED) is 0.424. The lowest BCUT2D eigenvalue weighted by molar-refractivity contribution is -0.222. The van der Waals surface area contributed by atoms with Gasteiger partial charge in [-0.15, -0.1) is 0 Å². The molecular weight excluding hydrogens is 393 g/mol. The number of hydrogen-bond acceptors (Lipinski definition) is 3. The fourth-order valence-corrected chi connectivity index (χ4v) is 5.03. The predicted molar refractivity (Wildman–Crippen MR) is 111 cm³/mol. The third-order valence-electron chi connectivity index (χ3n) is 6.81. The molecule has 0 bridgehead atoms. The van der Waals surface area contributed by atoms with Gasteiger partial charge in [0.25, 0.3) is 0 Å². The van der Waals surface area contributed by atoms with E-state index in [1.165, 1.54) is 44.2 Å². The Hall–Kier alpha value is -1.43. The molecule has 2 aliphatic carbocycles. The lowest BCUT2D eigenvalue weighted by Crippen LogP contribution is -2.35. The highest BCUT2D eigenvalue weighted by Crippen LogP contribution is 2.41. The average molecular weight is 429 g/mol. The van der Waals surface area contributed by atoms with Crippen molar-refractivity contribution >= 4 is 0 Å². The molecular formula is C24H35F3O3. The highest BCUT2D eigenvalue weighted by Gasteiger charge is 2.36. The Balaban J connectivity index is 1.40. The van der Waals surface area contributed by atoms with Crippen molar-refractivity contribution in [3.05, 3.63) is 24.0 Å². The van der Waals surface area contributed by atoms with Crippen LogP contribution in [0.4, 0.5) is 13.2 Å². The Bertz CT molecular complexity index is 651. The van der Waals surface area contributed by atoms with E-state index in [0.29, 0.717) is 12.5 Å². The molecule has 2 saturated carbocycles. The van der Waals surface area contributed by atoms with E-state index < -0.39 is 18.5 Å². The number of rotatable bonds is 9. The summed E-state index contributed by atoms with van der Waals surface area (Å²) in [6.07, 6.45) is 6.71. The monoisotopic (exact) mass is 428 g/mol. The second-order valence-electron chi connectivity index (χ2n) is 8.80. The molecule has 0 saturated heterocycles. The summed E-state index contributed by atoms with van der Waals surface area (Å²) < 4.78 is 57.5. The minimum Gasteiger partial charge on any atom is -0.491 e. The van der Waals surface area contributed by atoms with Gasteiger partial charge < -0.3 is 14.2 Å². The molecule has 2 aliphatic rings. The van der Waals surface area contributed by atoms with Crippen LogP contribution in [0, 0.1) is 23.6 Å². The Kier molecular flexibility index (Phi) is 8.32. The fourth-order valence-electron chi connectivity index (χ4n) is 5.03. The van der Waals surface area contributed by atoms with Crippen LogP contribution in [-0.4, -0.2) is 25.4 Å². The smallest absolute Gasteiger partial charge is 0.421 e. The predicted octanol–water partition coefficient (Wildman–Crippen LogP) is 6.99. The van der Waals surface area contributed by atoms with Gasteiger partial charge >= 0.3 is 6.11 Å². The molecule has 0 atom stereocenters. The van der Waals surface area contributed by atoms with Crippen molar-refractivity contribution in [3.8, 4) is 11.5 Å². The SMILES string of the molecule is CCOc1ccc(OC(F)(F)COC2CCC(C3CCC(CC)CC3)CC2)cc1F. The number of alkyl halides is 2. The van der Waals surface area contributed by atoms with Crippen LogP contribution in [0.5, 0.6) is 11.5 Å². The Labute approximate surface area is 178 Å². The van der Waals surface area contributed by atoms with Gasteiger partial charge in [-0.2, -0.15) is 8.78 Å². The van der Waals surface area contributed by atoms with Crippen molar-refractivity contribution in [1.29, 1.82) is 0 Å². The van der Waals surface area contributed by atoms with Gasteiger partial charge in [0.15, 0.2) is 18.2 Å². The van der Waals surface area contributed by atoms with E-state index >= 15 is 0 Å². The highest BCUT2D eigenvalue weighted by molar-refractivity contribution is 5.33. The van der Waals surface area contributed by atoms with Crippen LogP contribution < -0.4 is 9.47 Å². The molecule has 6 heteroatoms. The van der Waals surface area contributed by atoms with Gasteiger partial charge in [-0.3, -0.25) is 0 Å². The van der Waals surface area contributed by atoms with Crippen LogP contribution in [0.1, 0.15) is 71.6 Å². The van der Waals surface area contributed by atoms with Crippen LogP contribution >= 0.6 is 0 Å². The summed E-state index contributed by atoms with van der Waals surface area (Å²) in [6, 6.07) is 3.48. The first kappa shape index (κ1) is 23.2. The first-order valence-corrected chi connectivity index (χ1v) is 11.5. The second-order valence-corrected chi connectivity index (χ2v) is 8.80. The molecule has 0 unspecified atom stereocenters. The minimum absolute atomic E-state index is 0.0179. The third-order valence-corrected chi connectivity index (χ3v) is 6.81. The molecule has 1 aromatic carbocycles. The van der Waals surface area contributed by atoms with Gasteiger partial charge in [-0.25, -0.2) is 4.39 Å².